The summed E-state index contributed by atoms with van der Waals surface area (Å²) in [4.78, 5) is 16.6. The molecule has 1 amide bonds. The van der Waals surface area contributed by atoms with Gasteiger partial charge in [0, 0.05) is 25.7 Å². The molecule has 0 aromatic heterocycles. The van der Waals surface area contributed by atoms with E-state index in [9.17, 15) is 9.90 Å². The highest BCUT2D eigenvalue weighted by Gasteiger charge is 2.31. The minimum absolute atomic E-state index is 0.166. The van der Waals surface area contributed by atoms with E-state index in [1.165, 1.54) is 31.2 Å². The van der Waals surface area contributed by atoms with E-state index in [0.717, 1.165) is 6.42 Å². The molecule has 1 atom stereocenters. The first-order chi connectivity index (χ1) is 10.7. The molecule has 3 rings (SSSR count). The highest BCUT2D eigenvalue weighted by Crippen LogP contribution is 2.24. The Morgan fingerprint density at radius 1 is 1.09 bits per heavy atom. The number of hydrogen-bond donors (Lipinski definition) is 1. The molecule has 4 heteroatoms. The van der Waals surface area contributed by atoms with E-state index in [1.807, 2.05) is 23.1 Å². The van der Waals surface area contributed by atoms with E-state index < -0.39 is 6.10 Å². The van der Waals surface area contributed by atoms with Crippen molar-refractivity contribution >= 4 is 5.91 Å². The topological polar surface area (TPSA) is 43.8 Å². The second-order valence-corrected chi connectivity index (χ2v) is 6.60. The molecule has 2 aliphatic rings. The van der Waals surface area contributed by atoms with Crippen molar-refractivity contribution in [2.45, 2.75) is 44.2 Å². The summed E-state index contributed by atoms with van der Waals surface area (Å²) in [5, 5.41) is 10.3. The lowest BCUT2D eigenvalue weighted by Gasteiger charge is -2.27. The molecule has 1 unspecified atom stereocenters. The molecule has 0 bridgehead atoms. The maximum atomic E-state index is 12.5. The smallest absolute Gasteiger partial charge is 0.236 e. The van der Waals surface area contributed by atoms with Crippen LogP contribution in [0.15, 0.2) is 30.3 Å². The van der Waals surface area contributed by atoms with E-state index in [0.29, 0.717) is 32.2 Å². The second-order valence-electron chi connectivity index (χ2n) is 6.60. The molecule has 4 nitrogen and oxygen atoms in total. The number of rotatable bonds is 4. The van der Waals surface area contributed by atoms with Crippen LogP contribution in [0.5, 0.6) is 0 Å². The molecular weight excluding hydrogens is 276 g/mol. The number of aliphatic hydroxyl groups excluding tert-OH is 1. The summed E-state index contributed by atoms with van der Waals surface area (Å²) in [6.45, 7) is 2.27. The molecule has 2 fully saturated rings. The molecule has 1 aromatic rings. The van der Waals surface area contributed by atoms with E-state index in [-0.39, 0.29) is 5.91 Å². The number of carbonyl (C=O) groups excluding carboxylic acids is 1. The van der Waals surface area contributed by atoms with Gasteiger partial charge < -0.3 is 10.0 Å². The number of β-amino-alcohol motifs (C(OH)–C–C–N with tert-alkyl or cyclic N) is 1. The first-order valence-corrected chi connectivity index (χ1v) is 8.46. The zero-order chi connectivity index (χ0) is 15.4. The number of nitrogens with zero attached hydrogens (tertiary/aromatic N) is 2. The number of carbonyl (C=O) groups is 1. The number of hydrogen-bond acceptors (Lipinski definition) is 3. The third-order valence-corrected chi connectivity index (χ3v) is 4.92. The van der Waals surface area contributed by atoms with Gasteiger partial charge in [-0.1, -0.05) is 43.2 Å². The molecule has 1 saturated carbocycles. The summed E-state index contributed by atoms with van der Waals surface area (Å²) < 4.78 is 0. The highest BCUT2D eigenvalue weighted by atomic mass is 16.3. The maximum Gasteiger partial charge on any atom is 0.236 e. The number of amides is 1. The molecule has 1 aliphatic carbocycles. The van der Waals surface area contributed by atoms with Crippen molar-refractivity contribution in [1.29, 1.82) is 0 Å². The average Bonchev–Trinajstić information content (AvgIpc) is 3.01. The van der Waals surface area contributed by atoms with Crippen LogP contribution in [0.2, 0.25) is 0 Å². The van der Waals surface area contributed by atoms with Crippen LogP contribution in [0.3, 0.4) is 0 Å². The summed E-state index contributed by atoms with van der Waals surface area (Å²) in [6, 6.07) is 10.7. The quantitative estimate of drug-likeness (QED) is 0.920. The van der Waals surface area contributed by atoms with Crippen molar-refractivity contribution in [3.05, 3.63) is 35.9 Å². The second kappa shape index (κ2) is 7.25. The van der Waals surface area contributed by atoms with Gasteiger partial charge in [-0.3, -0.25) is 9.69 Å². The van der Waals surface area contributed by atoms with Gasteiger partial charge in [0.15, 0.2) is 0 Å². The molecule has 1 N–H and O–H groups in total. The van der Waals surface area contributed by atoms with E-state index >= 15 is 0 Å². The Morgan fingerprint density at radius 2 is 1.82 bits per heavy atom. The van der Waals surface area contributed by atoms with Gasteiger partial charge in [0.2, 0.25) is 5.91 Å². The van der Waals surface area contributed by atoms with Gasteiger partial charge in [0.1, 0.15) is 0 Å². The zero-order valence-electron chi connectivity index (χ0n) is 13.2. The first-order valence-electron chi connectivity index (χ1n) is 8.46. The van der Waals surface area contributed by atoms with Gasteiger partial charge in [-0.25, -0.2) is 0 Å². The Hall–Kier alpha value is -1.39. The summed E-state index contributed by atoms with van der Waals surface area (Å²) in [5.74, 6) is 0.166. The first kappa shape index (κ1) is 15.5. The predicted molar refractivity (Wildman–Crippen MR) is 86.6 cm³/mol. The fourth-order valence-electron chi connectivity index (χ4n) is 3.70. The summed E-state index contributed by atoms with van der Waals surface area (Å²) in [5.41, 5.74) is 1.24. The van der Waals surface area contributed by atoms with Gasteiger partial charge in [-0.15, -0.1) is 0 Å². The van der Waals surface area contributed by atoms with Crippen LogP contribution >= 0.6 is 0 Å². The van der Waals surface area contributed by atoms with Crippen molar-refractivity contribution in [2.75, 3.05) is 26.2 Å². The molecule has 0 radical (unpaired) electrons. The highest BCUT2D eigenvalue weighted by molar-refractivity contribution is 5.78. The normalized spacial score (nSPS) is 24.7. The lowest BCUT2D eigenvalue weighted by Crippen LogP contribution is -2.41. The Kier molecular flexibility index (Phi) is 5.11. The van der Waals surface area contributed by atoms with E-state index in [1.54, 1.807) is 0 Å². The Bertz CT molecular complexity index is 485. The molecule has 1 heterocycles. The molecule has 1 aromatic carbocycles. The molecular formula is C18H26N2O2. The largest absolute Gasteiger partial charge is 0.390 e. The van der Waals surface area contributed by atoms with Crippen LogP contribution in [0.1, 0.15) is 31.2 Å². The van der Waals surface area contributed by atoms with Crippen LogP contribution in [0, 0.1) is 0 Å². The Morgan fingerprint density at radius 3 is 2.55 bits per heavy atom. The van der Waals surface area contributed by atoms with Crippen LogP contribution in [0.4, 0.5) is 0 Å². The maximum absolute atomic E-state index is 12.5. The molecule has 1 aliphatic heterocycles. The molecule has 22 heavy (non-hydrogen) atoms. The molecule has 1 saturated heterocycles. The SMILES string of the molecule is O=C1CN(C2CCCC2)CC(O)CN1CCc1ccccc1. The Labute approximate surface area is 132 Å². The van der Waals surface area contributed by atoms with Gasteiger partial charge in [-0.2, -0.15) is 0 Å². The summed E-state index contributed by atoms with van der Waals surface area (Å²) in [7, 11) is 0. The van der Waals surface area contributed by atoms with Crippen molar-refractivity contribution in [1.82, 2.24) is 9.80 Å². The summed E-state index contributed by atoms with van der Waals surface area (Å²) in [6.07, 6.45) is 5.27. The van der Waals surface area contributed by atoms with Crippen LogP contribution in [0.25, 0.3) is 0 Å². The minimum Gasteiger partial charge on any atom is -0.390 e. The minimum atomic E-state index is -0.428. The predicted octanol–water partition coefficient (Wildman–Crippen LogP) is 1.68. The summed E-state index contributed by atoms with van der Waals surface area (Å²) >= 11 is 0. The fourth-order valence-corrected chi connectivity index (χ4v) is 3.70. The van der Waals surface area contributed by atoms with E-state index in [2.05, 4.69) is 17.0 Å². The van der Waals surface area contributed by atoms with Crippen LogP contribution < -0.4 is 0 Å². The van der Waals surface area contributed by atoms with Crippen molar-refractivity contribution < 1.29 is 9.90 Å². The van der Waals surface area contributed by atoms with Crippen LogP contribution in [-0.2, 0) is 11.2 Å². The lowest BCUT2D eigenvalue weighted by molar-refractivity contribution is -0.131. The molecule has 0 spiro atoms. The molecule has 120 valence electrons. The van der Waals surface area contributed by atoms with Gasteiger partial charge in [-0.05, 0) is 24.8 Å². The third-order valence-electron chi connectivity index (χ3n) is 4.92. The van der Waals surface area contributed by atoms with Gasteiger partial charge >= 0.3 is 0 Å². The monoisotopic (exact) mass is 302 g/mol. The Balaban J connectivity index is 1.59. The lowest BCUT2D eigenvalue weighted by atomic mass is 10.1. The van der Waals surface area contributed by atoms with Crippen molar-refractivity contribution in [3.63, 3.8) is 0 Å². The number of aliphatic hydroxyl groups is 1. The van der Waals surface area contributed by atoms with Crippen molar-refractivity contribution in [2.24, 2.45) is 0 Å². The van der Waals surface area contributed by atoms with E-state index in [4.69, 9.17) is 0 Å². The standard InChI is InChI=1S/C18H26N2O2/c21-17-12-19(11-10-15-6-2-1-3-7-15)18(22)14-20(13-17)16-8-4-5-9-16/h1-3,6-7,16-17,21H,4-5,8-14H2. The number of benzene rings is 1. The van der Waals surface area contributed by atoms with Crippen LogP contribution in [-0.4, -0.2) is 59.1 Å². The van der Waals surface area contributed by atoms with Gasteiger partial charge in [0.05, 0.1) is 12.6 Å². The van der Waals surface area contributed by atoms with Crippen molar-refractivity contribution in [3.8, 4) is 0 Å². The average molecular weight is 302 g/mol. The third kappa shape index (κ3) is 3.87. The van der Waals surface area contributed by atoms with Gasteiger partial charge in [0.25, 0.3) is 0 Å². The zero-order valence-corrected chi connectivity index (χ0v) is 13.2. The fraction of sp³-hybridized carbons (Fsp3) is 0.611.